The van der Waals surface area contributed by atoms with Crippen LogP contribution in [-0.2, 0) is 30.7 Å². The predicted molar refractivity (Wildman–Crippen MR) is 178 cm³/mol. The molecule has 1 atom stereocenters. The average molecular weight is 644 g/mol. The van der Waals surface area contributed by atoms with Gasteiger partial charge in [-0.15, -0.1) is 0 Å². The zero-order valence-electron chi connectivity index (χ0n) is 25.1. The second-order valence-corrected chi connectivity index (χ2v) is 13.0. The molecule has 2 amide bonds. The minimum absolute atomic E-state index is 0.0204. The van der Waals surface area contributed by atoms with Crippen LogP contribution in [0.2, 0.25) is 10.0 Å². The van der Waals surface area contributed by atoms with Gasteiger partial charge in [-0.1, -0.05) is 47.5 Å². The standard InChI is InChI=1S/C36H36Cl2N4O3/c37-26-8-11-28(12-9-26)39-35(43)32-21-34(41-14-4-3-7-33(32)41)31-20-27(38)10-13-30(31)36(44)42-22-25-6-2-1-5-24(25)19-29(42)23-40-15-17-45-18-16-40/h1-2,5-6,8-13,20-21,29H,3-4,7,14-19,22-23H2,(H,39,43)/t29-/m0/s1. The Morgan fingerprint density at radius 1 is 0.844 bits per heavy atom. The monoisotopic (exact) mass is 642 g/mol. The molecule has 3 aliphatic heterocycles. The zero-order valence-corrected chi connectivity index (χ0v) is 26.6. The smallest absolute Gasteiger partial charge is 0.257 e. The molecule has 0 radical (unpaired) electrons. The molecule has 7 nitrogen and oxygen atoms in total. The van der Waals surface area contributed by atoms with Crippen molar-refractivity contribution in [2.24, 2.45) is 0 Å². The zero-order chi connectivity index (χ0) is 30.9. The van der Waals surface area contributed by atoms with Gasteiger partial charge in [0, 0.05) is 77.0 Å². The van der Waals surface area contributed by atoms with Crippen molar-refractivity contribution in [3.8, 4) is 11.3 Å². The second kappa shape index (κ2) is 13.0. The van der Waals surface area contributed by atoms with Gasteiger partial charge in [-0.2, -0.15) is 0 Å². The van der Waals surface area contributed by atoms with Crippen molar-refractivity contribution in [3.63, 3.8) is 0 Å². The van der Waals surface area contributed by atoms with Gasteiger partial charge < -0.3 is 19.5 Å². The number of ether oxygens (including phenoxy) is 1. The first-order valence-corrected chi connectivity index (χ1v) is 16.5. The van der Waals surface area contributed by atoms with E-state index in [4.69, 9.17) is 27.9 Å². The van der Waals surface area contributed by atoms with E-state index in [9.17, 15) is 9.59 Å². The lowest BCUT2D eigenvalue weighted by molar-refractivity contribution is 0.0193. The number of fused-ring (bicyclic) bond motifs is 2. The van der Waals surface area contributed by atoms with E-state index in [-0.39, 0.29) is 17.9 Å². The number of hydrogen-bond acceptors (Lipinski definition) is 4. The number of nitrogens with one attached hydrogen (secondary N) is 1. The van der Waals surface area contributed by atoms with Crippen LogP contribution in [0.5, 0.6) is 0 Å². The molecule has 0 saturated carbocycles. The van der Waals surface area contributed by atoms with Crippen molar-refractivity contribution in [3.05, 3.63) is 111 Å². The Kier molecular flexibility index (Phi) is 8.69. The number of rotatable bonds is 6. The minimum atomic E-state index is -0.178. The fourth-order valence-corrected chi connectivity index (χ4v) is 7.27. The predicted octanol–water partition coefficient (Wildman–Crippen LogP) is 6.95. The first-order valence-electron chi connectivity index (χ1n) is 15.7. The molecule has 9 heteroatoms. The lowest BCUT2D eigenvalue weighted by Crippen LogP contribution is -2.52. The molecule has 1 N–H and O–H groups in total. The van der Waals surface area contributed by atoms with Crippen molar-refractivity contribution in [2.45, 2.75) is 44.8 Å². The number of carbonyl (C=O) groups excluding carboxylic acids is 2. The normalized spacial score (nSPS) is 18.3. The number of anilines is 1. The van der Waals surface area contributed by atoms with Crippen LogP contribution in [0.3, 0.4) is 0 Å². The van der Waals surface area contributed by atoms with E-state index in [2.05, 4.69) is 33.0 Å². The summed E-state index contributed by atoms with van der Waals surface area (Å²) >= 11 is 12.7. The Hall–Kier alpha value is -3.62. The maximum Gasteiger partial charge on any atom is 0.257 e. The van der Waals surface area contributed by atoms with Crippen molar-refractivity contribution in [1.29, 1.82) is 0 Å². The molecule has 0 unspecified atom stereocenters. The van der Waals surface area contributed by atoms with E-state index < -0.39 is 0 Å². The highest BCUT2D eigenvalue weighted by molar-refractivity contribution is 6.31. The van der Waals surface area contributed by atoms with Gasteiger partial charge in [-0.05, 0) is 85.3 Å². The van der Waals surface area contributed by atoms with E-state index in [1.807, 2.05) is 29.2 Å². The number of aromatic nitrogens is 1. The van der Waals surface area contributed by atoms with Gasteiger partial charge in [0.25, 0.3) is 11.8 Å². The number of nitrogens with zero attached hydrogens (tertiary/aromatic N) is 3. The fraction of sp³-hybridized carbons (Fsp3) is 0.333. The largest absolute Gasteiger partial charge is 0.379 e. The summed E-state index contributed by atoms with van der Waals surface area (Å²) in [5.74, 6) is -0.199. The van der Waals surface area contributed by atoms with Gasteiger partial charge in [0.05, 0.1) is 18.8 Å². The maximum absolute atomic E-state index is 14.7. The molecule has 0 spiro atoms. The molecule has 3 aliphatic rings. The van der Waals surface area contributed by atoms with Gasteiger partial charge in [0.1, 0.15) is 0 Å². The highest BCUT2D eigenvalue weighted by Gasteiger charge is 2.34. The summed E-state index contributed by atoms with van der Waals surface area (Å²) in [7, 11) is 0. The lowest BCUT2D eigenvalue weighted by Gasteiger charge is -2.40. The molecule has 0 bridgehead atoms. The van der Waals surface area contributed by atoms with Crippen LogP contribution in [0.15, 0.2) is 72.8 Å². The van der Waals surface area contributed by atoms with E-state index in [0.717, 1.165) is 68.8 Å². The third kappa shape index (κ3) is 6.27. The van der Waals surface area contributed by atoms with Crippen LogP contribution < -0.4 is 5.32 Å². The summed E-state index contributed by atoms with van der Waals surface area (Å²) in [5, 5.41) is 4.19. The number of amides is 2. The van der Waals surface area contributed by atoms with Gasteiger partial charge in [0.15, 0.2) is 0 Å². The topological polar surface area (TPSA) is 66.8 Å². The Labute approximate surface area is 273 Å². The number of benzene rings is 3. The number of hydrogen-bond donors (Lipinski definition) is 1. The van der Waals surface area contributed by atoms with Crippen LogP contribution in [0.4, 0.5) is 5.69 Å². The number of carbonyl (C=O) groups is 2. The molecular formula is C36H36Cl2N4O3. The van der Waals surface area contributed by atoms with Crippen LogP contribution >= 0.6 is 23.2 Å². The Bertz CT molecular complexity index is 1730. The highest BCUT2D eigenvalue weighted by atomic mass is 35.5. The van der Waals surface area contributed by atoms with Crippen molar-refractivity contribution in [2.75, 3.05) is 38.2 Å². The number of morpholine rings is 1. The summed E-state index contributed by atoms with van der Waals surface area (Å²) in [6, 6.07) is 23.0. The Morgan fingerprint density at radius 3 is 2.40 bits per heavy atom. The molecule has 1 aromatic heterocycles. The van der Waals surface area contributed by atoms with Gasteiger partial charge in [0.2, 0.25) is 0 Å². The van der Waals surface area contributed by atoms with Crippen molar-refractivity contribution >= 4 is 40.7 Å². The molecule has 232 valence electrons. The van der Waals surface area contributed by atoms with Gasteiger partial charge in [-0.25, -0.2) is 0 Å². The molecule has 1 fully saturated rings. The average Bonchev–Trinajstić information content (AvgIpc) is 3.45. The molecule has 4 aromatic rings. The second-order valence-electron chi connectivity index (χ2n) is 12.1. The molecule has 1 saturated heterocycles. The summed E-state index contributed by atoms with van der Waals surface area (Å²) < 4.78 is 7.80. The van der Waals surface area contributed by atoms with E-state index >= 15 is 0 Å². The quantitative estimate of drug-likeness (QED) is 0.247. The SMILES string of the molecule is O=C(Nc1ccc(Cl)cc1)c1cc(-c2cc(Cl)ccc2C(=O)N2Cc3ccccc3C[C@H]2CN2CCOCC2)n2c1CCCC2. The van der Waals surface area contributed by atoms with Crippen molar-refractivity contribution < 1.29 is 14.3 Å². The van der Waals surface area contributed by atoms with Crippen molar-refractivity contribution in [1.82, 2.24) is 14.4 Å². The molecule has 45 heavy (non-hydrogen) atoms. The Morgan fingerprint density at radius 2 is 1.60 bits per heavy atom. The summed E-state index contributed by atoms with van der Waals surface area (Å²) in [4.78, 5) is 32.8. The van der Waals surface area contributed by atoms with E-state index in [1.54, 1.807) is 30.3 Å². The minimum Gasteiger partial charge on any atom is -0.379 e. The molecule has 0 aliphatic carbocycles. The third-order valence-electron chi connectivity index (χ3n) is 9.28. The van der Waals surface area contributed by atoms with Crippen LogP contribution in [0, 0.1) is 0 Å². The Balaban J connectivity index is 1.26. The molecule has 7 rings (SSSR count). The summed E-state index contributed by atoms with van der Waals surface area (Å²) in [6.45, 7) is 5.27. The van der Waals surface area contributed by atoms with Crippen LogP contribution in [-0.4, -0.2) is 65.1 Å². The van der Waals surface area contributed by atoms with Gasteiger partial charge >= 0.3 is 0 Å². The summed E-state index contributed by atoms with van der Waals surface area (Å²) in [5.41, 5.74) is 6.96. The summed E-state index contributed by atoms with van der Waals surface area (Å²) in [6.07, 6.45) is 3.60. The number of halogens is 2. The maximum atomic E-state index is 14.7. The first kappa shape index (κ1) is 30.1. The lowest BCUT2D eigenvalue weighted by atomic mass is 9.92. The van der Waals surface area contributed by atoms with E-state index in [0.29, 0.717) is 46.6 Å². The third-order valence-corrected chi connectivity index (χ3v) is 9.76. The van der Waals surface area contributed by atoms with Crippen LogP contribution in [0.25, 0.3) is 11.3 Å². The molecule has 3 aromatic carbocycles. The van der Waals surface area contributed by atoms with Gasteiger partial charge in [-0.3, -0.25) is 14.5 Å². The molecule has 4 heterocycles. The molecular weight excluding hydrogens is 607 g/mol. The van der Waals surface area contributed by atoms with Crippen LogP contribution in [0.1, 0.15) is 50.4 Å². The fourth-order valence-electron chi connectivity index (χ4n) is 6.97. The highest BCUT2D eigenvalue weighted by Crippen LogP contribution is 2.36. The van der Waals surface area contributed by atoms with E-state index in [1.165, 1.54) is 11.1 Å². The first-order chi connectivity index (χ1) is 21.9.